The van der Waals surface area contributed by atoms with Crippen molar-refractivity contribution in [2.24, 2.45) is 11.8 Å². The molecule has 45 heavy (non-hydrogen) atoms. The van der Waals surface area contributed by atoms with Gasteiger partial charge in [-0.3, -0.25) is 9.59 Å². The molecule has 1 aromatic carbocycles. The second-order valence-electron chi connectivity index (χ2n) is 11.6. The van der Waals surface area contributed by atoms with Gasteiger partial charge in [0, 0.05) is 38.5 Å². The van der Waals surface area contributed by atoms with Crippen LogP contribution < -0.4 is 9.64 Å². The van der Waals surface area contributed by atoms with Crippen LogP contribution in [-0.4, -0.2) is 68.5 Å². The van der Waals surface area contributed by atoms with E-state index in [1.54, 1.807) is 0 Å². The number of ether oxygens (including phenoxy) is 4. The minimum atomic E-state index is -5.07. The Kier molecular flexibility index (Phi) is 11.5. The first-order valence-corrected chi connectivity index (χ1v) is 14.3. The highest BCUT2D eigenvalue weighted by molar-refractivity contribution is 6.04. The quantitative estimate of drug-likeness (QED) is 0.219. The van der Waals surface area contributed by atoms with Crippen LogP contribution in [0.1, 0.15) is 67.9 Å². The monoisotopic (exact) mass is 642 g/mol. The molecule has 1 aliphatic rings. The van der Waals surface area contributed by atoms with Crippen LogP contribution in [0.25, 0.3) is 0 Å². The topological polar surface area (TPSA) is 124 Å². The maximum atomic E-state index is 15.8. The summed E-state index contributed by atoms with van der Waals surface area (Å²) in [5.74, 6) is -5.89. The summed E-state index contributed by atoms with van der Waals surface area (Å²) in [6.07, 6.45) is -1.45. The number of carboxylic acids is 1. The van der Waals surface area contributed by atoms with E-state index >= 15 is 4.39 Å². The molecule has 3 rings (SSSR count). The minimum absolute atomic E-state index is 0.0406. The highest BCUT2D eigenvalue weighted by Crippen LogP contribution is 2.41. The van der Waals surface area contributed by atoms with Gasteiger partial charge < -0.3 is 29.0 Å². The average molecular weight is 643 g/mol. The lowest BCUT2D eigenvalue weighted by Gasteiger charge is -2.36. The number of amides is 1. The van der Waals surface area contributed by atoms with Gasteiger partial charge in [0.2, 0.25) is 11.8 Å². The van der Waals surface area contributed by atoms with Crippen molar-refractivity contribution in [3.05, 3.63) is 46.9 Å². The molecule has 14 heteroatoms. The Labute approximate surface area is 258 Å². The van der Waals surface area contributed by atoms with Gasteiger partial charge in [0.25, 0.3) is 0 Å². The van der Waals surface area contributed by atoms with Gasteiger partial charge in [0.15, 0.2) is 11.6 Å². The molecule has 0 radical (unpaired) electrons. The van der Waals surface area contributed by atoms with Crippen LogP contribution in [0.2, 0.25) is 0 Å². The SMILES string of the molecule is COCC(COC)N(c1cc(F)c(Oc2ncc(C(C)(C)C(=O)O)cc2C(F)(F)F)cc1C(=O)OC)C(=O)[C@H]1CC[C@H](C)CC1. The number of carbonyl (C=O) groups excluding carboxylic acids is 2. The summed E-state index contributed by atoms with van der Waals surface area (Å²) in [6.45, 7) is 4.41. The van der Waals surface area contributed by atoms with E-state index in [0.717, 1.165) is 38.3 Å². The highest BCUT2D eigenvalue weighted by atomic mass is 19.4. The fourth-order valence-corrected chi connectivity index (χ4v) is 5.18. The van der Waals surface area contributed by atoms with Crippen molar-refractivity contribution in [1.82, 2.24) is 4.98 Å². The van der Waals surface area contributed by atoms with E-state index in [-0.39, 0.29) is 30.0 Å². The maximum Gasteiger partial charge on any atom is 0.421 e. The van der Waals surface area contributed by atoms with Crippen LogP contribution in [-0.2, 0) is 35.4 Å². The predicted octanol–water partition coefficient (Wildman–Crippen LogP) is 6.00. The van der Waals surface area contributed by atoms with Crippen molar-refractivity contribution in [3.63, 3.8) is 0 Å². The molecular weight excluding hydrogens is 604 g/mol. The molecule has 1 heterocycles. The Morgan fingerprint density at radius 1 is 1.02 bits per heavy atom. The Hall–Kier alpha value is -3.78. The molecule has 1 saturated carbocycles. The lowest BCUT2D eigenvalue weighted by molar-refractivity contribution is -0.143. The molecule has 0 unspecified atom stereocenters. The number of aliphatic carboxylic acids is 1. The smallest absolute Gasteiger partial charge is 0.421 e. The van der Waals surface area contributed by atoms with Crippen molar-refractivity contribution in [3.8, 4) is 11.6 Å². The van der Waals surface area contributed by atoms with Crippen LogP contribution in [0.3, 0.4) is 0 Å². The third-order valence-corrected chi connectivity index (χ3v) is 8.02. The summed E-state index contributed by atoms with van der Waals surface area (Å²) >= 11 is 0. The van der Waals surface area contributed by atoms with E-state index < -0.39 is 64.4 Å². The van der Waals surface area contributed by atoms with Gasteiger partial charge in [-0.25, -0.2) is 14.2 Å². The number of methoxy groups -OCH3 is 3. The number of hydrogen-bond acceptors (Lipinski definition) is 8. The first-order chi connectivity index (χ1) is 21.1. The molecule has 1 aliphatic carbocycles. The number of aromatic nitrogens is 1. The van der Waals surface area contributed by atoms with Crippen molar-refractivity contribution in [1.29, 1.82) is 0 Å². The number of benzene rings is 1. The molecule has 10 nitrogen and oxygen atoms in total. The third kappa shape index (κ3) is 8.09. The van der Waals surface area contributed by atoms with Crippen molar-refractivity contribution in [2.75, 3.05) is 39.4 Å². The zero-order valence-corrected chi connectivity index (χ0v) is 26.0. The Balaban J connectivity index is 2.18. The number of alkyl halides is 3. The molecule has 248 valence electrons. The summed E-state index contributed by atoms with van der Waals surface area (Å²) in [4.78, 5) is 43.6. The third-order valence-electron chi connectivity index (χ3n) is 8.02. The number of halogens is 4. The maximum absolute atomic E-state index is 15.8. The minimum Gasteiger partial charge on any atom is -0.481 e. The Morgan fingerprint density at radius 2 is 1.62 bits per heavy atom. The number of pyridine rings is 1. The molecule has 0 atom stereocenters. The standard InChI is InChI=1S/C31H38F4N2O8/c1-17-7-9-18(10-8-17)27(38)37(20(15-42-4)16-43-5)24-13-23(32)25(12-21(24)28(39)44-6)45-26-22(31(33,34)35)11-19(14-36-26)30(2,3)29(40)41/h11-14,17-18,20H,7-10,15-16H2,1-6H3,(H,40,41)/t17-,18-. The summed E-state index contributed by atoms with van der Waals surface area (Å²) < 4.78 is 78.8. The summed E-state index contributed by atoms with van der Waals surface area (Å²) in [7, 11) is 3.86. The number of rotatable bonds is 12. The van der Waals surface area contributed by atoms with Crippen molar-refractivity contribution < 1.29 is 56.0 Å². The molecule has 1 fully saturated rings. The number of nitrogens with zero attached hydrogens (tertiary/aromatic N) is 2. The van der Waals surface area contributed by atoms with Gasteiger partial charge in [-0.1, -0.05) is 6.92 Å². The van der Waals surface area contributed by atoms with Crippen molar-refractivity contribution in [2.45, 2.75) is 64.1 Å². The van der Waals surface area contributed by atoms with Gasteiger partial charge in [-0.15, -0.1) is 0 Å². The van der Waals surface area contributed by atoms with E-state index in [1.807, 2.05) is 0 Å². The molecule has 0 bridgehead atoms. The van der Waals surface area contributed by atoms with Crippen LogP contribution in [0.4, 0.5) is 23.2 Å². The molecule has 0 spiro atoms. The van der Waals surface area contributed by atoms with Crippen LogP contribution >= 0.6 is 0 Å². The molecule has 1 N–H and O–H groups in total. The lowest BCUT2D eigenvalue weighted by Crippen LogP contribution is -2.49. The van der Waals surface area contributed by atoms with Crippen LogP contribution in [0.15, 0.2) is 24.4 Å². The van der Waals surface area contributed by atoms with E-state index in [4.69, 9.17) is 18.9 Å². The fraction of sp³-hybridized carbons (Fsp3) is 0.548. The zero-order chi connectivity index (χ0) is 33.7. The van der Waals surface area contributed by atoms with Crippen LogP contribution in [0, 0.1) is 17.7 Å². The summed E-state index contributed by atoms with van der Waals surface area (Å²) in [5.41, 5.74) is -4.02. The summed E-state index contributed by atoms with van der Waals surface area (Å²) in [6, 6.07) is 1.42. The number of carboxylic acid groups (broad SMARTS) is 1. The highest BCUT2D eigenvalue weighted by Gasteiger charge is 2.40. The number of hydrogen-bond donors (Lipinski definition) is 1. The van der Waals surface area contributed by atoms with E-state index in [1.165, 1.54) is 33.0 Å². The first kappa shape index (κ1) is 35.7. The molecule has 0 aliphatic heterocycles. The van der Waals surface area contributed by atoms with Gasteiger partial charge >= 0.3 is 18.1 Å². The van der Waals surface area contributed by atoms with E-state index in [2.05, 4.69) is 11.9 Å². The molecule has 2 aromatic rings. The van der Waals surface area contributed by atoms with Gasteiger partial charge in [-0.05, 0) is 57.1 Å². The largest absolute Gasteiger partial charge is 0.481 e. The normalized spacial score (nSPS) is 17.2. The Morgan fingerprint density at radius 3 is 2.13 bits per heavy atom. The molecular formula is C31H38F4N2O8. The molecule has 0 saturated heterocycles. The van der Waals surface area contributed by atoms with E-state index in [0.29, 0.717) is 24.8 Å². The number of carbonyl (C=O) groups is 3. The second-order valence-corrected chi connectivity index (χ2v) is 11.6. The average Bonchev–Trinajstić information content (AvgIpc) is 2.98. The van der Waals surface area contributed by atoms with Crippen LogP contribution in [0.5, 0.6) is 11.6 Å². The number of anilines is 1. The predicted molar refractivity (Wildman–Crippen MR) is 154 cm³/mol. The number of esters is 1. The van der Waals surface area contributed by atoms with Crippen molar-refractivity contribution >= 4 is 23.5 Å². The van der Waals surface area contributed by atoms with Gasteiger partial charge in [0.1, 0.15) is 5.56 Å². The first-order valence-electron chi connectivity index (χ1n) is 14.3. The lowest BCUT2D eigenvalue weighted by atomic mass is 9.82. The van der Waals surface area contributed by atoms with E-state index in [9.17, 15) is 32.7 Å². The molecule has 1 amide bonds. The van der Waals surface area contributed by atoms with Gasteiger partial charge in [0.05, 0.1) is 43.0 Å². The molecule has 1 aromatic heterocycles. The van der Waals surface area contributed by atoms with Gasteiger partial charge in [-0.2, -0.15) is 13.2 Å². The summed E-state index contributed by atoms with van der Waals surface area (Å²) in [5, 5.41) is 9.47. The fourth-order valence-electron chi connectivity index (χ4n) is 5.18. The second kappa shape index (κ2) is 14.5. The Bertz CT molecular complexity index is 1380. The zero-order valence-electron chi connectivity index (χ0n) is 26.0.